The van der Waals surface area contributed by atoms with Gasteiger partial charge in [0.05, 0.1) is 5.69 Å². The van der Waals surface area contributed by atoms with Crippen molar-refractivity contribution in [2.45, 2.75) is 6.92 Å². The molecule has 0 aliphatic heterocycles. The zero-order chi connectivity index (χ0) is 14.4. The predicted molar refractivity (Wildman–Crippen MR) is 78.7 cm³/mol. The molecule has 1 N–H and O–H groups in total. The number of rotatable bonds is 5. The van der Waals surface area contributed by atoms with Crippen LogP contribution in [0.1, 0.15) is 12.5 Å². The van der Waals surface area contributed by atoms with Crippen LogP contribution in [0.15, 0.2) is 65.8 Å². The number of Topliss-reactive ketones (excluding diaryl/α,β-unsaturated/α-hetero) is 2. The highest BCUT2D eigenvalue weighted by atomic mass is 16.2. The van der Waals surface area contributed by atoms with Gasteiger partial charge in [0.15, 0.2) is 0 Å². The van der Waals surface area contributed by atoms with Gasteiger partial charge < -0.3 is 0 Å². The summed E-state index contributed by atoms with van der Waals surface area (Å²) in [7, 11) is 0. The lowest BCUT2D eigenvalue weighted by atomic mass is 10.0. The average molecular weight is 266 g/mol. The summed E-state index contributed by atoms with van der Waals surface area (Å²) in [6, 6.07) is 18.1. The van der Waals surface area contributed by atoms with Crippen molar-refractivity contribution in [2.24, 2.45) is 5.10 Å². The Morgan fingerprint density at radius 1 is 0.900 bits per heavy atom. The first kappa shape index (κ1) is 13.7. The normalized spacial score (nSPS) is 10.9. The number of hydrogen-bond donors (Lipinski definition) is 1. The molecular formula is C16H14N2O2. The van der Waals surface area contributed by atoms with E-state index in [0.717, 1.165) is 5.69 Å². The lowest BCUT2D eigenvalue weighted by Gasteiger charge is -2.05. The largest absolute Gasteiger partial charge is 0.291 e. The maximum atomic E-state index is 11.9. The van der Waals surface area contributed by atoms with E-state index in [0.29, 0.717) is 5.56 Å². The fourth-order valence-corrected chi connectivity index (χ4v) is 1.64. The molecule has 4 nitrogen and oxygen atoms in total. The molecule has 4 heteroatoms. The Kier molecular flexibility index (Phi) is 4.39. The molecular weight excluding hydrogens is 252 g/mol. The van der Waals surface area contributed by atoms with Crippen LogP contribution in [0.3, 0.4) is 0 Å². The summed E-state index contributed by atoms with van der Waals surface area (Å²) in [5.41, 5.74) is 4.26. The van der Waals surface area contributed by atoms with Gasteiger partial charge in [-0.2, -0.15) is 5.10 Å². The summed E-state index contributed by atoms with van der Waals surface area (Å²) in [6.45, 7) is 1.24. The van der Waals surface area contributed by atoms with E-state index >= 15 is 0 Å². The highest BCUT2D eigenvalue weighted by Crippen LogP contribution is 2.08. The monoisotopic (exact) mass is 266 g/mol. The van der Waals surface area contributed by atoms with Crippen LogP contribution in [0.4, 0.5) is 5.69 Å². The van der Waals surface area contributed by atoms with Crippen LogP contribution >= 0.6 is 0 Å². The lowest BCUT2D eigenvalue weighted by Crippen LogP contribution is -2.23. The molecule has 0 atom stereocenters. The number of anilines is 1. The zero-order valence-corrected chi connectivity index (χ0v) is 11.0. The van der Waals surface area contributed by atoms with Crippen LogP contribution in [0.5, 0.6) is 0 Å². The van der Waals surface area contributed by atoms with Gasteiger partial charge in [-0.1, -0.05) is 48.5 Å². The molecule has 0 bridgehead atoms. The van der Waals surface area contributed by atoms with Crippen LogP contribution in [-0.2, 0) is 9.59 Å². The minimum absolute atomic E-state index is 0.113. The minimum Gasteiger partial charge on any atom is -0.291 e. The Morgan fingerprint density at radius 3 is 2.00 bits per heavy atom. The first-order valence-electron chi connectivity index (χ1n) is 6.18. The van der Waals surface area contributed by atoms with Crippen molar-refractivity contribution >= 4 is 23.0 Å². The first-order chi connectivity index (χ1) is 9.68. The topological polar surface area (TPSA) is 58.5 Å². The van der Waals surface area contributed by atoms with Gasteiger partial charge in [-0.25, -0.2) is 0 Å². The highest BCUT2D eigenvalue weighted by molar-refractivity contribution is 6.68. The van der Waals surface area contributed by atoms with Gasteiger partial charge in [-0.3, -0.25) is 15.0 Å². The van der Waals surface area contributed by atoms with Crippen molar-refractivity contribution in [2.75, 3.05) is 5.43 Å². The minimum atomic E-state index is -0.611. The molecule has 0 aliphatic rings. The maximum Gasteiger partial charge on any atom is 0.248 e. The second kappa shape index (κ2) is 6.43. The summed E-state index contributed by atoms with van der Waals surface area (Å²) in [4.78, 5) is 23.3. The molecule has 0 unspecified atom stereocenters. The zero-order valence-electron chi connectivity index (χ0n) is 11.0. The van der Waals surface area contributed by atoms with Gasteiger partial charge in [0.2, 0.25) is 11.6 Å². The summed E-state index contributed by atoms with van der Waals surface area (Å²) in [5, 5.41) is 4.08. The van der Waals surface area contributed by atoms with Crippen LogP contribution in [0, 0.1) is 0 Å². The fraction of sp³-hybridized carbons (Fsp3) is 0.0625. The van der Waals surface area contributed by atoms with E-state index in [-0.39, 0.29) is 5.71 Å². The number of carbonyl (C=O) groups is 2. The molecule has 2 aromatic rings. The number of nitrogens with one attached hydrogen (secondary N) is 1. The third-order valence-corrected chi connectivity index (χ3v) is 2.65. The highest BCUT2D eigenvalue weighted by Gasteiger charge is 2.18. The van der Waals surface area contributed by atoms with Gasteiger partial charge >= 0.3 is 0 Å². The molecule has 0 radical (unpaired) electrons. The van der Waals surface area contributed by atoms with E-state index in [1.54, 1.807) is 24.3 Å². The Labute approximate surface area is 117 Å². The van der Waals surface area contributed by atoms with E-state index < -0.39 is 11.6 Å². The molecule has 0 spiro atoms. The molecule has 0 fully saturated rings. The molecule has 20 heavy (non-hydrogen) atoms. The van der Waals surface area contributed by atoms with E-state index in [9.17, 15) is 9.59 Å². The number of benzene rings is 2. The van der Waals surface area contributed by atoms with Gasteiger partial charge in [-0.05, 0) is 12.1 Å². The predicted octanol–water partition coefficient (Wildman–Crippen LogP) is 2.66. The summed E-state index contributed by atoms with van der Waals surface area (Å²) in [5.74, 6) is -1.15. The smallest absolute Gasteiger partial charge is 0.248 e. The van der Waals surface area contributed by atoms with Crippen LogP contribution in [-0.4, -0.2) is 17.3 Å². The maximum absolute atomic E-state index is 11.9. The molecule has 0 aliphatic carbocycles. The molecule has 2 aromatic carbocycles. The van der Waals surface area contributed by atoms with Gasteiger partial charge in [0, 0.05) is 12.5 Å². The summed E-state index contributed by atoms with van der Waals surface area (Å²) in [6.07, 6.45) is 0. The molecule has 0 amide bonds. The van der Waals surface area contributed by atoms with Crippen molar-refractivity contribution in [1.82, 2.24) is 0 Å². The summed E-state index contributed by atoms with van der Waals surface area (Å²) >= 11 is 0. The summed E-state index contributed by atoms with van der Waals surface area (Å²) < 4.78 is 0. The van der Waals surface area contributed by atoms with Crippen LogP contribution < -0.4 is 5.43 Å². The fourth-order valence-electron chi connectivity index (χ4n) is 1.64. The van der Waals surface area contributed by atoms with Crippen molar-refractivity contribution in [3.05, 3.63) is 66.2 Å². The van der Waals surface area contributed by atoms with Crippen molar-refractivity contribution in [3.8, 4) is 0 Å². The van der Waals surface area contributed by atoms with Crippen molar-refractivity contribution < 1.29 is 9.59 Å². The lowest BCUT2D eigenvalue weighted by molar-refractivity contribution is -0.131. The van der Waals surface area contributed by atoms with Gasteiger partial charge in [0.1, 0.15) is 5.71 Å². The van der Waals surface area contributed by atoms with Crippen molar-refractivity contribution in [1.29, 1.82) is 0 Å². The number of ketones is 2. The van der Waals surface area contributed by atoms with Gasteiger partial charge in [0.25, 0.3) is 0 Å². The third kappa shape index (κ3) is 3.38. The van der Waals surface area contributed by atoms with Crippen LogP contribution in [0.2, 0.25) is 0 Å². The molecule has 0 saturated carbocycles. The van der Waals surface area contributed by atoms with Crippen molar-refractivity contribution in [3.63, 3.8) is 0 Å². The number of para-hydroxylation sites is 1. The van der Waals surface area contributed by atoms with Gasteiger partial charge in [-0.15, -0.1) is 0 Å². The quantitative estimate of drug-likeness (QED) is 0.514. The van der Waals surface area contributed by atoms with E-state index in [4.69, 9.17) is 0 Å². The Morgan fingerprint density at radius 2 is 1.45 bits per heavy atom. The standard InChI is InChI=1S/C16H14N2O2/c1-12(19)16(20)15(13-8-4-2-5-9-13)18-17-14-10-6-3-7-11-14/h2-11,17H,1H3. The number of carbonyl (C=O) groups excluding carboxylic acids is 2. The molecule has 0 heterocycles. The third-order valence-electron chi connectivity index (χ3n) is 2.65. The molecule has 2 rings (SSSR count). The Bertz CT molecular complexity index is 634. The second-order valence-corrected chi connectivity index (χ2v) is 4.19. The Hall–Kier alpha value is -2.75. The second-order valence-electron chi connectivity index (χ2n) is 4.19. The van der Waals surface area contributed by atoms with E-state index in [1.807, 2.05) is 36.4 Å². The first-order valence-corrected chi connectivity index (χ1v) is 6.18. The van der Waals surface area contributed by atoms with E-state index in [1.165, 1.54) is 6.92 Å². The number of nitrogens with zero attached hydrogens (tertiary/aromatic N) is 1. The SMILES string of the molecule is CC(=O)C(=O)C(=NNc1ccccc1)c1ccccc1. The molecule has 0 saturated heterocycles. The Balaban J connectivity index is 2.32. The molecule has 0 aromatic heterocycles. The van der Waals surface area contributed by atoms with E-state index in [2.05, 4.69) is 10.5 Å². The number of hydrogen-bond acceptors (Lipinski definition) is 4. The number of hydrazone groups is 1. The van der Waals surface area contributed by atoms with Crippen LogP contribution in [0.25, 0.3) is 0 Å². The average Bonchev–Trinajstić information content (AvgIpc) is 2.49. The molecule has 100 valence electrons.